The lowest BCUT2D eigenvalue weighted by molar-refractivity contribution is -0.542. The molecule has 3 aliphatic heterocycles. The Balaban J connectivity index is 1.46. The molecule has 0 radical (unpaired) electrons. The van der Waals surface area contributed by atoms with Gasteiger partial charge in [0.25, 0.3) is 17.8 Å². The quantitative estimate of drug-likeness (QED) is 0.659. The molecule has 31 heavy (non-hydrogen) atoms. The molecule has 2 saturated heterocycles. The number of rotatable bonds is 6. The lowest BCUT2D eigenvalue weighted by atomic mass is 9.90. The van der Waals surface area contributed by atoms with E-state index in [1.165, 1.54) is 28.2 Å². The van der Waals surface area contributed by atoms with Gasteiger partial charge < -0.3 is 0 Å². The average Bonchev–Trinajstić information content (AvgIpc) is 3.10. The van der Waals surface area contributed by atoms with Gasteiger partial charge in [0.15, 0.2) is 0 Å². The third-order valence-corrected chi connectivity index (χ3v) is 6.61. The fourth-order valence-electron chi connectivity index (χ4n) is 4.88. The summed E-state index contributed by atoms with van der Waals surface area (Å²) >= 11 is 0. The van der Waals surface area contributed by atoms with E-state index in [0.29, 0.717) is 17.7 Å². The number of carbonyl (C=O) groups is 2. The van der Waals surface area contributed by atoms with E-state index in [4.69, 9.17) is 4.99 Å². The van der Waals surface area contributed by atoms with Crippen LogP contribution in [0, 0.1) is 11.8 Å². The van der Waals surface area contributed by atoms with Crippen LogP contribution in [0.2, 0.25) is 0 Å². The molecule has 4 rings (SSSR count). The van der Waals surface area contributed by atoms with Crippen LogP contribution in [0.15, 0.2) is 35.3 Å². The summed E-state index contributed by atoms with van der Waals surface area (Å²) in [4.78, 5) is 35.3. The molecule has 0 saturated carbocycles. The zero-order chi connectivity index (χ0) is 22.1. The van der Waals surface area contributed by atoms with E-state index >= 15 is 0 Å². The summed E-state index contributed by atoms with van der Waals surface area (Å²) in [5.41, 5.74) is 1.42. The van der Waals surface area contributed by atoms with Crippen LogP contribution in [0.1, 0.15) is 32.3 Å². The average molecular weight is 425 g/mol. The molecule has 2 fully saturated rings. The van der Waals surface area contributed by atoms with E-state index in [2.05, 4.69) is 53.7 Å². The minimum Gasteiger partial charge on any atom is -0.292 e. The summed E-state index contributed by atoms with van der Waals surface area (Å²) in [6, 6.07) is 9.93. The van der Waals surface area contributed by atoms with Crippen LogP contribution in [0.5, 0.6) is 0 Å². The van der Waals surface area contributed by atoms with Crippen molar-refractivity contribution in [2.75, 3.05) is 40.3 Å². The normalized spacial score (nSPS) is 23.1. The zero-order valence-electron chi connectivity index (χ0n) is 19.1. The van der Waals surface area contributed by atoms with Crippen molar-refractivity contribution in [3.05, 3.63) is 35.9 Å². The maximum Gasteiger partial charge on any atom is 0.333 e. The zero-order valence-corrected chi connectivity index (χ0v) is 19.1. The Morgan fingerprint density at radius 2 is 1.74 bits per heavy atom. The van der Waals surface area contributed by atoms with E-state index in [-0.39, 0.29) is 11.9 Å². The number of amides is 3. The molecule has 3 aliphatic rings. The number of amidine groups is 2. The number of likely N-dealkylation sites (tertiary alicyclic amines) is 1. The third-order valence-electron chi connectivity index (χ3n) is 6.61. The number of hydrogen-bond donors (Lipinski definition) is 0. The number of aliphatic imine (C=N–C) groups is 1. The highest BCUT2D eigenvalue weighted by Crippen LogP contribution is 2.24. The second kappa shape index (κ2) is 8.91. The Labute approximate surface area is 185 Å². The van der Waals surface area contributed by atoms with Crippen molar-refractivity contribution >= 4 is 23.6 Å². The van der Waals surface area contributed by atoms with Crippen molar-refractivity contribution in [1.82, 2.24) is 14.7 Å². The first-order valence-corrected chi connectivity index (χ1v) is 11.4. The number of hydrogen-bond acceptors (Lipinski definition) is 4. The highest BCUT2D eigenvalue weighted by atomic mass is 16.2. The van der Waals surface area contributed by atoms with Crippen LogP contribution in [0.3, 0.4) is 0 Å². The largest absolute Gasteiger partial charge is 0.333 e. The molecule has 7 nitrogen and oxygen atoms in total. The first-order chi connectivity index (χ1) is 14.8. The van der Waals surface area contributed by atoms with Crippen molar-refractivity contribution in [2.45, 2.75) is 39.2 Å². The van der Waals surface area contributed by atoms with Crippen molar-refractivity contribution in [3.8, 4) is 0 Å². The van der Waals surface area contributed by atoms with Gasteiger partial charge in [0.05, 0.1) is 6.54 Å². The molecule has 7 heteroatoms. The van der Waals surface area contributed by atoms with Crippen LogP contribution in [0.25, 0.3) is 0 Å². The summed E-state index contributed by atoms with van der Waals surface area (Å²) < 4.78 is 2.12. The van der Waals surface area contributed by atoms with Crippen LogP contribution in [-0.2, 0) is 11.2 Å². The number of likely N-dealkylation sites (N-methyl/N-ethyl adjacent to an activating group) is 2. The fraction of sp³-hybridized carbons (Fsp3) is 0.583. The minimum atomic E-state index is -0.485. The Hall–Kier alpha value is -2.54. The molecule has 1 aromatic rings. The van der Waals surface area contributed by atoms with Crippen LogP contribution in [0.4, 0.5) is 4.79 Å². The van der Waals surface area contributed by atoms with Gasteiger partial charge in [-0.1, -0.05) is 44.2 Å². The van der Waals surface area contributed by atoms with Crippen molar-refractivity contribution in [2.24, 2.45) is 16.8 Å². The molecule has 1 atom stereocenters. The van der Waals surface area contributed by atoms with Crippen molar-refractivity contribution < 1.29 is 14.2 Å². The topological polar surface area (TPSA) is 59.2 Å². The lowest BCUT2D eigenvalue weighted by Crippen LogP contribution is -2.61. The van der Waals surface area contributed by atoms with Gasteiger partial charge in [0.2, 0.25) is 0 Å². The number of carbonyl (C=O) groups excluding carboxylic acids is 2. The minimum absolute atomic E-state index is 0.181. The molecular weight excluding hydrogens is 390 g/mol. The monoisotopic (exact) mass is 424 g/mol. The van der Waals surface area contributed by atoms with Crippen LogP contribution in [-0.4, -0.2) is 89.2 Å². The second-order valence-corrected chi connectivity index (χ2v) is 9.48. The van der Waals surface area contributed by atoms with Gasteiger partial charge >= 0.3 is 11.9 Å². The van der Waals surface area contributed by atoms with Crippen LogP contribution >= 0.6 is 0 Å². The molecule has 166 valence electrons. The van der Waals surface area contributed by atoms with E-state index in [1.54, 1.807) is 14.1 Å². The SMILES string of the molecule is CC(C)C[N+]1=C(CN2CCC(Cc3ccccc3)CC2)N=C2C1C(=O)N(C)C(=O)N2C. The third kappa shape index (κ3) is 4.42. The number of imide groups is 1. The second-order valence-electron chi connectivity index (χ2n) is 9.48. The van der Waals surface area contributed by atoms with Gasteiger partial charge in [-0.25, -0.2) is 9.37 Å². The number of urea groups is 1. The predicted octanol–water partition coefficient (Wildman–Crippen LogP) is 2.31. The summed E-state index contributed by atoms with van der Waals surface area (Å²) in [5.74, 6) is 2.41. The summed E-state index contributed by atoms with van der Waals surface area (Å²) in [6.45, 7) is 7.85. The number of piperidine rings is 1. The van der Waals surface area contributed by atoms with Crippen molar-refractivity contribution in [1.29, 1.82) is 0 Å². The van der Waals surface area contributed by atoms with Crippen LogP contribution < -0.4 is 0 Å². The van der Waals surface area contributed by atoms with E-state index in [0.717, 1.165) is 38.4 Å². The van der Waals surface area contributed by atoms with E-state index in [1.807, 2.05) is 0 Å². The fourth-order valence-corrected chi connectivity index (χ4v) is 4.88. The Kier molecular flexibility index (Phi) is 6.23. The van der Waals surface area contributed by atoms with Gasteiger partial charge in [-0.05, 0) is 54.7 Å². The molecule has 0 aliphatic carbocycles. The van der Waals surface area contributed by atoms with Crippen molar-refractivity contribution in [3.63, 3.8) is 0 Å². The molecule has 1 aromatic carbocycles. The van der Waals surface area contributed by atoms with Gasteiger partial charge in [-0.2, -0.15) is 0 Å². The van der Waals surface area contributed by atoms with E-state index in [9.17, 15) is 9.59 Å². The molecule has 0 aromatic heterocycles. The number of benzene rings is 1. The number of fused-ring (bicyclic) bond motifs is 1. The molecule has 0 spiro atoms. The first-order valence-electron chi connectivity index (χ1n) is 11.4. The maximum absolute atomic E-state index is 12.9. The summed E-state index contributed by atoms with van der Waals surface area (Å²) in [7, 11) is 3.27. The molecule has 3 amide bonds. The van der Waals surface area contributed by atoms with Gasteiger partial charge in [0.1, 0.15) is 6.54 Å². The van der Waals surface area contributed by atoms with Gasteiger partial charge in [0, 0.05) is 14.1 Å². The lowest BCUT2D eigenvalue weighted by Gasteiger charge is -2.31. The molecule has 1 unspecified atom stereocenters. The summed E-state index contributed by atoms with van der Waals surface area (Å²) in [6.07, 6.45) is 3.49. The Bertz CT molecular complexity index is 900. The predicted molar refractivity (Wildman–Crippen MR) is 121 cm³/mol. The standard InChI is InChI=1S/C24H34N5O2/c1-17(2)15-29-20(25-22-21(29)23(30)27(4)24(31)26(22)3)16-28-12-10-19(11-13-28)14-18-8-6-5-7-9-18/h5-9,17,19,21H,10-16H2,1-4H3/q+1. The molecular formula is C24H34N5O2+. The highest BCUT2D eigenvalue weighted by Gasteiger charge is 2.53. The molecule has 0 bridgehead atoms. The number of nitrogens with zero attached hydrogens (tertiary/aromatic N) is 5. The Morgan fingerprint density at radius 3 is 2.39 bits per heavy atom. The maximum atomic E-state index is 12.9. The van der Waals surface area contributed by atoms with E-state index < -0.39 is 6.04 Å². The Morgan fingerprint density at radius 1 is 1.06 bits per heavy atom. The highest BCUT2D eigenvalue weighted by molar-refractivity contribution is 6.23. The molecule has 0 N–H and O–H groups in total. The van der Waals surface area contributed by atoms with Gasteiger partial charge in [-0.3, -0.25) is 19.5 Å². The smallest absolute Gasteiger partial charge is 0.292 e. The first kappa shape index (κ1) is 21.7. The summed E-state index contributed by atoms with van der Waals surface area (Å²) in [5, 5.41) is 0. The van der Waals surface area contributed by atoms with Gasteiger partial charge in [-0.15, -0.1) is 0 Å². The molecule has 3 heterocycles.